The van der Waals surface area contributed by atoms with Crippen molar-refractivity contribution in [1.82, 2.24) is 0 Å². The minimum absolute atomic E-state index is 0.0984. The second-order valence-electron chi connectivity index (χ2n) is 6.95. The fourth-order valence-corrected chi connectivity index (χ4v) is 3.25. The van der Waals surface area contributed by atoms with Crippen LogP contribution in [0.25, 0.3) is 5.57 Å². The Kier molecular flexibility index (Phi) is 7.09. The number of rotatable bonds is 6. The summed E-state index contributed by atoms with van der Waals surface area (Å²) in [5.41, 5.74) is 2.16. The Bertz CT molecular complexity index is 973. The standard InChI is InChI=1S/C21H23F3N2O4/c1-11-8-16(18(20(27)28)26-29-4)17(9-12(11)2)19(30-25)13(3)14-6-5-7-15(10-14)21(22,23)24/h5-7,10H,8-9,25H2,1-4H3,(H,27,28). The molecule has 1 aromatic rings. The molecule has 0 aliphatic heterocycles. The van der Waals surface area contributed by atoms with Gasteiger partial charge in [0.05, 0.1) is 5.56 Å². The first-order valence-corrected chi connectivity index (χ1v) is 8.98. The van der Waals surface area contributed by atoms with Gasteiger partial charge in [-0.1, -0.05) is 28.4 Å². The number of hydrogen-bond acceptors (Lipinski definition) is 5. The highest BCUT2D eigenvalue weighted by Crippen LogP contribution is 2.38. The molecule has 0 spiro atoms. The molecule has 1 aliphatic carbocycles. The number of nitrogens with zero attached hydrogens (tertiary/aromatic N) is 1. The average molecular weight is 424 g/mol. The van der Waals surface area contributed by atoms with Crippen LogP contribution in [0.2, 0.25) is 0 Å². The lowest BCUT2D eigenvalue weighted by Crippen LogP contribution is -2.22. The van der Waals surface area contributed by atoms with Crippen LogP contribution in [0.1, 0.15) is 44.7 Å². The van der Waals surface area contributed by atoms with Gasteiger partial charge in [0.1, 0.15) is 7.11 Å². The van der Waals surface area contributed by atoms with Gasteiger partial charge in [-0.2, -0.15) is 19.1 Å². The third kappa shape index (κ3) is 4.91. The Morgan fingerprint density at radius 2 is 1.77 bits per heavy atom. The van der Waals surface area contributed by atoms with Crippen LogP contribution in [0.3, 0.4) is 0 Å². The summed E-state index contributed by atoms with van der Waals surface area (Å²) in [6.07, 6.45) is -3.94. The highest BCUT2D eigenvalue weighted by atomic mass is 19.4. The van der Waals surface area contributed by atoms with E-state index in [4.69, 9.17) is 10.7 Å². The number of allylic oxidation sites excluding steroid dienone is 4. The zero-order valence-corrected chi connectivity index (χ0v) is 17.1. The number of halogens is 3. The minimum Gasteiger partial charge on any atom is -0.476 e. The third-order valence-corrected chi connectivity index (χ3v) is 5.00. The molecule has 0 aromatic heterocycles. The Morgan fingerprint density at radius 3 is 2.27 bits per heavy atom. The zero-order valence-electron chi connectivity index (χ0n) is 17.1. The first kappa shape index (κ1) is 23.2. The van der Waals surface area contributed by atoms with E-state index in [0.717, 1.165) is 23.3 Å². The van der Waals surface area contributed by atoms with E-state index in [0.29, 0.717) is 23.1 Å². The molecule has 162 valence electrons. The van der Waals surface area contributed by atoms with E-state index < -0.39 is 17.7 Å². The van der Waals surface area contributed by atoms with Crippen LogP contribution in [0, 0.1) is 0 Å². The lowest BCUT2D eigenvalue weighted by atomic mass is 9.83. The zero-order chi connectivity index (χ0) is 22.6. The van der Waals surface area contributed by atoms with E-state index in [1.54, 1.807) is 6.92 Å². The number of hydrogen-bond donors (Lipinski definition) is 2. The van der Waals surface area contributed by atoms with Crippen LogP contribution in [0.15, 0.2) is 57.5 Å². The number of nitrogens with two attached hydrogens (primary N) is 1. The second-order valence-corrected chi connectivity index (χ2v) is 6.95. The van der Waals surface area contributed by atoms with Crippen LogP contribution in [-0.2, 0) is 20.6 Å². The van der Waals surface area contributed by atoms with Gasteiger partial charge in [-0.25, -0.2) is 4.79 Å². The van der Waals surface area contributed by atoms with Crippen LogP contribution >= 0.6 is 0 Å². The Labute approximate surface area is 172 Å². The molecule has 30 heavy (non-hydrogen) atoms. The Hall–Kier alpha value is -3.07. The lowest BCUT2D eigenvalue weighted by Gasteiger charge is -2.24. The van der Waals surface area contributed by atoms with E-state index >= 15 is 0 Å². The summed E-state index contributed by atoms with van der Waals surface area (Å²) in [7, 11) is 1.23. The summed E-state index contributed by atoms with van der Waals surface area (Å²) in [5, 5.41) is 13.2. The van der Waals surface area contributed by atoms with Crippen molar-refractivity contribution in [3.63, 3.8) is 0 Å². The second kappa shape index (κ2) is 9.17. The molecular weight excluding hydrogens is 401 g/mol. The van der Waals surface area contributed by atoms with E-state index in [-0.39, 0.29) is 23.5 Å². The maximum atomic E-state index is 13.1. The maximum absolute atomic E-state index is 13.1. The molecule has 0 radical (unpaired) electrons. The highest BCUT2D eigenvalue weighted by Gasteiger charge is 2.32. The molecule has 0 bridgehead atoms. The molecule has 0 saturated carbocycles. The van der Waals surface area contributed by atoms with E-state index in [9.17, 15) is 23.1 Å². The van der Waals surface area contributed by atoms with Crippen molar-refractivity contribution in [2.45, 2.75) is 39.8 Å². The third-order valence-electron chi connectivity index (χ3n) is 5.00. The molecule has 0 fully saturated rings. The van der Waals surface area contributed by atoms with Crippen molar-refractivity contribution >= 4 is 17.3 Å². The van der Waals surface area contributed by atoms with Gasteiger partial charge < -0.3 is 14.8 Å². The number of alkyl halides is 3. The topological polar surface area (TPSA) is 94.1 Å². The average Bonchev–Trinajstić information content (AvgIpc) is 2.68. The molecule has 9 heteroatoms. The molecular formula is C21H23F3N2O4. The number of carbonyl (C=O) groups is 1. The van der Waals surface area contributed by atoms with Crippen LogP contribution in [0.4, 0.5) is 13.2 Å². The van der Waals surface area contributed by atoms with Crippen molar-refractivity contribution in [3.8, 4) is 0 Å². The van der Waals surface area contributed by atoms with Crippen LogP contribution in [-0.4, -0.2) is 23.9 Å². The molecule has 0 heterocycles. The highest BCUT2D eigenvalue weighted by molar-refractivity contribution is 6.42. The summed E-state index contributed by atoms with van der Waals surface area (Å²) in [5.74, 6) is 4.31. The fourth-order valence-electron chi connectivity index (χ4n) is 3.25. The molecule has 1 aromatic carbocycles. The summed E-state index contributed by atoms with van der Waals surface area (Å²) in [6.45, 7) is 5.31. The quantitative estimate of drug-likeness (QED) is 0.295. The summed E-state index contributed by atoms with van der Waals surface area (Å²) >= 11 is 0. The first-order chi connectivity index (χ1) is 14.0. The first-order valence-electron chi connectivity index (χ1n) is 8.98. The van der Waals surface area contributed by atoms with Gasteiger partial charge in [0.2, 0.25) is 0 Å². The molecule has 0 saturated heterocycles. The van der Waals surface area contributed by atoms with E-state index in [1.807, 2.05) is 13.8 Å². The normalized spacial score (nSPS) is 16.5. The van der Waals surface area contributed by atoms with Crippen molar-refractivity contribution in [2.24, 2.45) is 11.1 Å². The number of benzene rings is 1. The Morgan fingerprint density at radius 1 is 1.17 bits per heavy atom. The summed E-state index contributed by atoms with van der Waals surface area (Å²) in [4.78, 5) is 21.5. The SMILES string of the molecule is CON=C(C(=O)O)C1=C(C(ON)=C(C)c2cccc(C(F)(F)F)c2)CC(C)=C(C)C1. The largest absolute Gasteiger partial charge is 0.476 e. The van der Waals surface area contributed by atoms with Crippen LogP contribution < -0.4 is 5.90 Å². The smallest absolute Gasteiger partial charge is 0.416 e. The van der Waals surface area contributed by atoms with E-state index in [1.165, 1.54) is 19.2 Å². The molecule has 6 nitrogen and oxygen atoms in total. The van der Waals surface area contributed by atoms with Gasteiger partial charge >= 0.3 is 12.1 Å². The predicted molar refractivity (Wildman–Crippen MR) is 106 cm³/mol. The van der Waals surface area contributed by atoms with Gasteiger partial charge in [0.15, 0.2) is 11.5 Å². The lowest BCUT2D eigenvalue weighted by molar-refractivity contribution is -0.137. The van der Waals surface area contributed by atoms with Crippen LogP contribution in [0.5, 0.6) is 0 Å². The maximum Gasteiger partial charge on any atom is 0.416 e. The van der Waals surface area contributed by atoms with Crippen molar-refractivity contribution < 1.29 is 32.7 Å². The number of oxime groups is 1. The number of carboxylic acid groups (broad SMARTS) is 1. The van der Waals surface area contributed by atoms with Crippen molar-refractivity contribution in [3.05, 3.63) is 63.4 Å². The van der Waals surface area contributed by atoms with Gasteiger partial charge in [0, 0.05) is 16.7 Å². The summed E-state index contributed by atoms with van der Waals surface area (Å²) in [6, 6.07) is 4.75. The number of carboxylic acids is 1. The molecule has 0 unspecified atom stereocenters. The molecule has 3 N–H and O–H groups in total. The van der Waals surface area contributed by atoms with Gasteiger partial charge in [-0.05, 0) is 51.3 Å². The molecule has 1 aliphatic rings. The van der Waals surface area contributed by atoms with Crippen molar-refractivity contribution in [2.75, 3.05) is 7.11 Å². The van der Waals surface area contributed by atoms with Crippen molar-refractivity contribution in [1.29, 1.82) is 0 Å². The minimum atomic E-state index is -4.51. The monoisotopic (exact) mass is 424 g/mol. The molecule has 2 rings (SSSR count). The number of aliphatic carboxylic acids is 1. The predicted octanol–water partition coefficient (Wildman–Crippen LogP) is 4.84. The van der Waals surface area contributed by atoms with Gasteiger partial charge in [-0.15, -0.1) is 0 Å². The van der Waals surface area contributed by atoms with E-state index in [2.05, 4.69) is 9.99 Å². The molecule has 0 atom stereocenters. The molecule has 0 amide bonds. The fraction of sp³-hybridized carbons (Fsp3) is 0.333. The Balaban J connectivity index is 2.74. The van der Waals surface area contributed by atoms with Gasteiger partial charge in [-0.3, -0.25) is 0 Å². The van der Waals surface area contributed by atoms with Gasteiger partial charge in [0.25, 0.3) is 0 Å². The summed E-state index contributed by atoms with van der Waals surface area (Å²) < 4.78 is 39.4.